The number of aromatic nitrogens is 5. The van der Waals surface area contributed by atoms with Gasteiger partial charge in [-0.1, -0.05) is 0 Å². The van der Waals surface area contributed by atoms with E-state index in [0.717, 1.165) is 59.7 Å². The maximum absolute atomic E-state index is 4.74. The summed E-state index contributed by atoms with van der Waals surface area (Å²) in [6.07, 6.45) is 7.68. The Balaban J connectivity index is 1.59. The van der Waals surface area contributed by atoms with Gasteiger partial charge in [-0.05, 0) is 46.0 Å². The van der Waals surface area contributed by atoms with E-state index in [1.54, 1.807) is 17.1 Å². The summed E-state index contributed by atoms with van der Waals surface area (Å²) >= 11 is 0. The van der Waals surface area contributed by atoms with Crippen molar-refractivity contribution in [2.75, 3.05) is 25.5 Å². The number of likely N-dealkylation sites (tertiary alicyclic amines) is 1. The Morgan fingerprint density at radius 2 is 1.92 bits per heavy atom. The van der Waals surface area contributed by atoms with Gasteiger partial charge >= 0.3 is 0 Å². The molecule has 3 aromatic rings. The Bertz CT molecular complexity index is 894. The van der Waals surface area contributed by atoms with Crippen LogP contribution in [0.2, 0.25) is 0 Å². The van der Waals surface area contributed by atoms with Crippen LogP contribution in [-0.4, -0.2) is 55.8 Å². The van der Waals surface area contributed by atoms with Gasteiger partial charge in [-0.25, -0.2) is 9.97 Å². The Hall–Kier alpha value is -2.54. The van der Waals surface area contributed by atoms with Crippen molar-refractivity contribution in [3.63, 3.8) is 0 Å². The standard InChI is InChI=1S/C18H23N7/c1-12-15-8-13(9-20-18(15)25(3)23-12)16-10-19-11-17(22-16)21-14-4-6-24(2)7-5-14/h8-11,14H,4-7H2,1-3H3,(H,21,22). The number of nitrogens with zero attached hydrogens (tertiary/aromatic N) is 6. The summed E-state index contributed by atoms with van der Waals surface area (Å²) in [4.78, 5) is 16.0. The highest BCUT2D eigenvalue weighted by Gasteiger charge is 2.17. The number of piperidine rings is 1. The van der Waals surface area contributed by atoms with Crippen LogP contribution in [0.15, 0.2) is 24.7 Å². The Labute approximate surface area is 147 Å². The summed E-state index contributed by atoms with van der Waals surface area (Å²) < 4.78 is 1.80. The van der Waals surface area contributed by atoms with Crippen molar-refractivity contribution in [2.24, 2.45) is 7.05 Å². The number of anilines is 1. The van der Waals surface area contributed by atoms with Crippen molar-refractivity contribution in [1.29, 1.82) is 0 Å². The zero-order valence-electron chi connectivity index (χ0n) is 14.9. The van der Waals surface area contributed by atoms with E-state index in [4.69, 9.17) is 4.98 Å². The smallest absolute Gasteiger partial charge is 0.157 e. The molecule has 0 amide bonds. The molecule has 1 fully saturated rings. The third-order valence-corrected chi connectivity index (χ3v) is 4.86. The van der Waals surface area contributed by atoms with Crippen LogP contribution >= 0.6 is 0 Å². The van der Waals surface area contributed by atoms with Crippen molar-refractivity contribution in [1.82, 2.24) is 29.6 Å². The van der Waals surface area contributed by atoms with E-state index in [9.17, 15) is 0 Å². The van der Waals surface area contributed by atoms with E-state index in [0.29, 0.717) is 6.04 Å². The van der Waals surface area contributed by atoms with Gasteiger partial charge in [-0.15, -0.1) is 0 Å². The average Bonchev–Trinajstić information content (AvgIpc) is 2.91. The Morgan fingerprint density at radius 1 is 1.12 bits per heavy atom. The van der Waals surface area contributed by atoms with Crippen molar-refractivity contribution in [2.45, 2.75) is 25.8 Å². The van der Waals surface area contributed by atoms with Gasteiger partial charge in [0.2, 0.25) is 0 Å². The molecule has 1 aliphatic heterocycles. The first-order valence-electron chi connectivity index (χ1n) is 8.67. The Morgan fingerprint density at radius 3 is 2.72 bits per heavy atom. The summed E-state index contributed by atoms with van der Waals surface area (Å²) in [6.45, 7) is 4.23. The van der Waals surface area contributed by atoms with Crippen LogP contribution in [0.4, 0.5) is 5.82 Å². The normalized spacial score (nSPS) is 16.4. The van der Waals surface area contributed by atoms with Crippen LogP contribution in [-0.2, 0) is 7.05 Å². The molecule has 0 spiro atoms. The van der Waals surface area contributed by atoms with Crippen molar-refractivity contribution >= 4 is 16.9 Å². The van der Waals surface area contributed by atoms with Gasteiger partial charge < -0.3 is 10.2 Å². The number of aryl methyl sites for hydroxylation is 2. The first-order chi connectivity index (χ1) is 12.1. The predicted octanol–water partition coefficient (Wildman–Crippen LogP) is 2.24. The molecule has 25 heavy (non-hydrogen) atoms. The fourth-order valence-corrected chi connectivity index (χ4v) is 3.38. The van der Waals surface area contributed by atoms with E-state index in [1.807, 2.05) is 20.2 Å². The van der Waals surface area contributed by atoms with Gasteiger partial charge in [0.1, 0.15) is 5.82 Å². The summed E-state index contributed by atoms with van der Waals surface area (Å²) in [5.41, 5.74) is 3.65. The highest BCUT2D eigenvalue weighted by Crippen LogP contribution is 2.24. The maximum atomic E-state index is 4.74. The van der Waals surface area contributed by atoms with Crippen LogP contribution in [0.1, 0.15) is 18.5 Å². The molecule has 7 heteroatoms. The van der Waals surface area contributed by atoms with Crippen molar-refractivity contribution in [3.05, 3.63) is 30.4 Å². The summed E-state index contributed by atoms with van der Waals surface area (Å²) in [5.74, 6) is 0.829. The molecule has 130 valence electrons. The quantitative estimate of drug-likeness (QED) is 0.790. The number of rotatable bonds is 3. The van der Waals surface area contributed by atoms with E-state index in [1.165, 1.54) is 0 Å². The lowest BCUT2D eigenvalue weighted by Crippen LogP contribution is -2.36. The monoisotopic (exact) mass is 337 g/mol. The van der Waals surface area contributed by atoms with Gasteiger partial charge in [0.15, 0.2) is 5.65 Å². The minimum absolute atomic E-state index is 0.460. The fraction of sp³-hybridized carbons (Fsp3) is 0.444. The molecular formula is C18H23N7. The number of hydrogen-bond acceptors (Lipinski definition) is 6. The molecule has 0 bridgehead atoms. The highest BCUT2D eigenvalue weighted by molar-refractivity contribution is 5.82. The van der Waals surface area contributed by atoms with Gasteiger partial charge in [0, 0.05) is 30.2 Å². The number of nitrogens with one attached hydrogen (secondary N) is 1. The second-order valence-corrected chi connectivity index (χ2v) is 6.82. The van der Waals surface area contributed by atoms with Gasteiger partial charge in [-0.3, -0.25) is 9.67 Å². The first kappa shape index (κ1) is 16.0. The number of fused-ring (bicyclic) bond motifs is 1. The molecule has 4 rings (SSSR count). The molecule has 0 atom stereocenters. The molecule has 1 saturated heterocycles. The fourth-order valence-electron chi connectivity index (χ4n) is 3.38. The lowest BCUT2D eigenvalue weighted by Gasteiger charge is -2.29. The van der Waals surface area contributed by atoms with Gasteiger partial charge in [0.25, 0.3) is 0 Å². The molecule has 0 saturated carbocycles. The zero-order valence-corrected chi connectivity index (χ0v) is 14.9. The second-order valence-electron chi connectivity index (χ2n) is 6.82. The van der Waals surface area contributed by atoms with E-state index >= 15 is 0 Å². The number of pyridine rings is 1. The van der Waals surface area contributed by atoms with E-state index in [-0.39, 0.29) is 0 Å². The SMILES string of the molecule is Cc1nn(C)c2ncc(-c3cncc(NC4CCN(C)CC4)n3)cc12. The molecular weight excluding hydrogens is 314 g/mol. The van der Waals surface area contributed by atoms with Gasteiger partial charge in [-0.2, -0.15) is 5.10 Å². The molecule has 3 aromatic heterocycles. The lowest BCUT2D eigenvalue weighted by molar-refractivity contribution is 0.263. The second kappa shape index (κ2) is 6.40. The zero-order chi connectivity index (χ0) is 17.4. The summed E-state index contributed by atoms with van der Waals surface area (Å²) in [5, 5.41) is 9.01. The summed E-state index contributed by atoms with van der Waals surface area (Å²) in [6, 6.07) is 2.55. The lowest BCUT2D eigenvalue weighted by atomic mass is 10.1. The van der Waals surface area contributed by atoms with Crippen molar-refractivity contribution in [3.8, 4) is 11.3 Å². The van der Waals surface area contributed by atoms with Crippen LogP contribution in [0, 0.1) is 6.92 Å². The molecule has 4 heterocycles. The third-order valence-electron chi connectivity index (χ3n) is 4.86. The molecule has 1 N–H and O–H groups in total. The van der Waals surface area contributed by atoms with Crippen LogP contribution < -0.4 is 5.32 Å². The largest absolute Gasteiger partial charge is 0.366 e. The van der Waals surface area contributed by atoms with Crippen LogP contribution in [0.25, 0.3) is 22.3 Å². The average molecular weight is 337 g/mol. The summed E-state index contributed by atoms with van der Waals surface area (Å²) in [7, 11) is 4.08. The topological polar surface area (TPSA) is 71.8 Å². The number of hydrogen-bond donors (Lipinski definition) is 1. The molecule has 0 radical (unpaired) electrons. The Kier molecular flexibility index (Phi) is 4.09. The maximum Gasteiger partial charge on any atom is 0.157 e. The van der Waals surface area contributed by atoms with Crippen LogP contribution in [0.3, 0.4) is 0 Å². The molecule has 0 aromatic carbocycles. The highest BCUT2D eigenvalue weighted by atomic mass is 15.3. The molecule has 7 nitrogen and oxygen atoms in total. The minimum atomic E-state index is 0.460. The van der Waals surface area contributed by atoms with Crippen LogP contribution in [0.5, 0.6) is 0 Å². The molecule has 1 aliphatic rings. The minimum Gasteiger partial charge on any atom is -0.366 e. The van der Waals surface area contributed by atoms with Gasteiger partial charge in [0.05, 0.1) is 23.8 Å². The molecule has 0 aliphatic carbocycles. The predicted molar refractivity (Wildman–Crippen MR) is 98.4 cm³/mol. The van der Waals surface area contributed by atoms with Crippen molar-refractivity contribution < 1.29 is 0 Å². The first-order valence-corrected chi connectivity index (χ1v) is 8.67. The van der Waals surface area contributed by atoms with E-state index < -0.39 is 0 Å². The molecule has 0 unspecified atom stereocenters. The third kappa shape index (κ3) is 3.19. The van der Waals surface area contributed by atoms with E-state index in [2.05, 4.69) is 38.4 Å².